The van der Waals surface area contributed by atoms with Gasteiger partial charge in [0, 0.05) is 6.42 Å². The molecule has 1 N–H and O–H groups in total. The molecule has 0 amide bonds. The topological polar surface area (TPSA) is 63.6 Å². The summed E-state index contributed by atoms with van der Waals surface area (Å²) >= 11 is 0. The Morgan fingerprint density at radius 3 is 2.38 bits per heavy atom. The quantitative estimate of drug-likeness (QED) is 0.749. The van der Waals surface area contributed by atoms with Crippen LogP contribution in [0, 0.1) is 11.3 Å². The maximum atomic E-state index is 11.7. The fourth-order valence-electron chi connectivity index (χ4n) is 2.28. The zero-order valence-corrected chi connectivity index (χ0v) is 9.99. The number of ether oxygens (including phenoxy) is 1. The minimum atomic E-state index is -0.746. The van der Waals surface area contributed by atoms with Gasteiger partial charge in [-0.15, -0.1) is 0 Å². The van der Waals surface area contributed by atoms with Crippen LogP contribution in [-0.4, -0.2) is 23.7 Å². The molecule has 0 atom stereocenters. The Kier molecular flexibility index (Phi) is 4.33. The summed E-state index contributed by atoms with van der Waals surface area (Å²) in [4.78, 5) is 22.3. The van der Waals surface area contributed by atoms with Gasteiger partial charge in [0.1, 0.15) is 0 Å². The van der Waals surface area contributed by atoms with Crippen LogP contribution in [0.4, 0.5) is 0 Å². The molecule has 1 aliphatic rings. The lowest BCUT2D eigenvalue weighted by atomic mass is 9.71. The summed E-state index contributed by atoms with van der Waals surface area (Å²) < 4.78 is 5.05. The van der Waals surface area contributed by atoms with Crippen LogP contribution in [0.25, 0.3) is 0 Å². The number of rotatable bonds is 4. The molecular formula is C12H20O4. The van der Waals surface area contributed by atoms with E-state index in [0.29, 0.717) is 6.61 Å². The van der Waals surface area contributed by atoms with Gasteiger partial charge in [-0.1, -0.05) is 0 Å². The molecule has 1 rings (SSSR count). The summed E-state index contributed by atoms with van der Waals surface area (Å²) in [6, 6.07) is 0. The molecule has 1 aliphatic carbocycles. The first-order valence-electron chi connectivity index (χ1n) is 5.87. The normalized spacial score (nSPS) is 29.8. The van der Waals surface area contributed by atoms with Crippen molar-refractivity contribution in [3.05, 3.63) is 0 Å². The Morgan fingerprint density at radius 2 is 1.94 bits per heavy atom. The number of carbonyl (C=O) groups excluding carboxylic acids is 1. The second-order valence-electron chi connectivity index (χ2n) is 4.82. The molecule has 4 nitrogen and oxygen atoms in total. The standard InChI is InChI=1S/C12H20O4/c1-3-16-11(15)12(2)6-4-9(5-7-12)8-10(13)14/h9H,3-8H2,1-2H3,(H,13,14)/t9-,12-. The highest BCUT2D eigenvalue weighted by molar-refractivity contribution is 5.76. The van der Waals surface area contributed by atoms with Crippen molar-refractivity contribution in [3.63, 3.8) is 0 Å². The Balaban J connectivity index is 2.46. The molecule has 0 aromatic carbocycles. The highest BCUT2D eigenvalue weighted by Gasteiger charge is 2.38. The summed E-state index contributed by atoms with van der Waals surface area (Å²) in [5.41, 5.74) is -0.398. The predicted molar refractivity (Wildman–Crippen MR) is 59.0 cm³/mol. The van der Waals surface area contributed by atoms with Gasteiger partial charge in [0.2, 0.25) is 0 Å². The van der Waals surface area contributed by atoms with Crippen LogP contribution in [0.2, 0.25) is 0 Å². The van der Waals surface area contributed by atoms with E-state index < -0.39 is 11.4 Å². The number of aliphatic carboxylic acids is 1. The van der Waals surface area contributed by atoms with Crippen LogP contribution in [0.3, 0.4) is 0 Å². The van der Waals surface area contributed by atoms with Gasteiger partial charge < -0.3 is 9.84 Å². The third kappa shape index (κ3) is 3.22. The van der Waals surface area contributed by atoms with Crippen molar-refractivity contribution >= 4 is 11.9 Å². The number of hydrogen-bond donors (Lipinski definition) is 1. The number of carboxylic acid groups (broad SMARTS) is 1. The molecule has 1 fully saturated rings. The smallest absolute Gasteiger partial charge is 0.311 e. The molecule has 0 spiro atoms. The minimum absolute atomic E-state index is 0.135. The molecule has 16 heavy (non-hydrogen) atoms. The lowest BCUT2D eigenvalue weighted by Gasteiger charge is -2.34. The molecule has 0 unspecified atom stereocenters. The van der Waals surface area contributed by atoms with Gasteiger partial charge in [-0.05, 0) is 45.4 Å². The second kappa shape index (κ2) is 5.32. The first kappa shape index (κ1) is 13.0. The van der Waals surface area contributed by atoms with E-state index in [1.165, 1.54) is 0 Å². The number of hydrogen-bond acceptors (Lipinski definition) is 3. The van der Waals surface area contributed by atoms with Gasteiger partial charge in [-0.25, -0.2) is 0 Å². The number of esters is 1. The van der Waals surface area contributed by atoms with Crippen molar-refractivity contribution in [1.82, 2.24) is 0 Å². The van der Waals surface area contributed by atoms with E-state index in [1.54, 1.807) is 6.92 Å². The third-order valence-electron chi connectivity index (χ3n) is 3.44. The number of carboxylic acids is 1. The van der Waals surface area contributed by atoms with Crippen molar-refractivity contribution in [2.45, 2.75) is 46.0 Å². The zero-order chi connectivity index (χ0) is 12.2. The Morgan fingerprint density at radius 1 is 1.38 bits per heavy atom. The second-order valence-corrected chi connectivity index (χ2v) is 4.82. The summed E-state index contributed by atoms with van der Waals surface area (Å²) in [5, 5.41) is 8.70. The van der Waals surface area contributed by atoms with Crippen molar-refractivity contribution in [1.29, 1.82) is 0 Å². The molecule has 0 aliphatic heterocycles. The molecular weight excluding hydrogens is 208 g/mol. The first-order chi connectivity index (χ1) is 7.48. The van der Waals surface area contributed by atoms with Crippen molar-refractivity contribution in [2.24, 2.45) is 11.3 Å². The Hall–Kier alpha value is -1.06. The molecule has 0 heterocycles. The largest absolute Gasteiger partial charge is 0.481 e. The van der Waals surface area contributed by atoms with Crippen molar-refractivity contribution in [2.75, 3.05) is 6.61 Å². The van der Waals surface area contributed by atoms with E-state index in [0.717, 1.165) is 25.7 Å². The van der Waals surface area contributed by atoms with Crippen LogP contribution in [0.1, 0.15) is 46.0 Å². The fourth-order valence-corrected chi connectivity index (χ4v) is 2.28. The van der Waals surface area contributed by atoms with E-state index in [2.05, 4.69) is 0 Å². The van der Waals surface area contributed by atoms with Crippen LogP contribution in [0.5, 0.6) is 0 Å². The highest BCUT2D eigenvalue weighted by Crippen LogP contribution is 2.40. The van der Waals surface area contributed by atoms with Crippen LogP contribution >= 0.6 is 0 Å². The zero-order valence-electron chi connectivity index (χ0n) is 9.99. The molecule has 0 saturated heterocycles. The van der Waals surface area contributed by atoms with Gasteiger partial charge in [-0.2, -0.15) is 0 Å². The molecule has 4 heteroatoms. The van der Waals surface area contributed by atoms with Crippen LogP contribution in [0.15, 0.2) is 0 Å². The molecule has 0 radical (unpaired) electrons. The summed E-state index contributed by atoms with van der Waals surface area (Å²) in [6.07, 6.45) is 3.32. The van der Waals surface area contributed by atoms with Crippen LogP contribution in [-0.2, 0) is 14.3 Å². The van der Waals surface area contributed by atoms with E-state index in [1.807, 2.05) is 6.92 Å². The molecule has 0 aromatic rings. The minimum Gasteiger partial charge on any atom is -0.481 e. The van der Waals surface area contributed by atoms with Crippen molar-refractivity contribution in [3.8, 4) is 0 Å². The maximum absolute atomic E-state index is 11.7. The fraction of sp³-hybridized carbons (Fsp3) is 0.833. The monoisotopic (exact) mass is 228 g/mol. The lowest BCUT2D eigenvalue weighted by Crippen LogP contribution is -2.34. The molecule has 0 aromatic heterocycles. The first-order valence-corrected chi connectivity index (χ1v) is 5.87. The highest BCUT2D eigenvalue weighted by atomic mass is 16.5. The van der Waals surface area contributed by atoms with E-state index in [9.17, 15) is 9.59 Å². The van der Waals surface area contributed by atoms with E-state index >= 15 is 0 Å². The van der Waals surface area contributed by atoms with Crippen LogP contribution < -0.4 is 0 Å². The predicted octanol–water partition coefficient (Wildman–Crippen LogP) is 2.22. The summed E-state index contributed by atoms with van der Waals surface area (Å²) in [5.74, 6) is -0.659. The maximum Gasteiger partial charge on any atom is 0.311 e. The molecule has 1 saturated carbocycles. The lowest BCUT2D eigenvalue weighted by molar-refractivity contribution is -0.157. The van der Waals surface area contributed by atoms with Gasteiger partial charge in [-0.3, -0.25) is 9.59 Å². The average Bonchev–Trinajstić information content (AvgIpc) is 2.21. The third-order valence-corrected chi connectivity index (χ3v) is 3.44. The SMILES string of the molecule is CCOC(=O)[C@]1(C)CC[C@@H](CC(=O)O)CC1. The van der Waals surface area contributed by atoms with E-state index in [-0.39, 0.29) is 18.3 Å². The Labute approximate surface area is 96.0 Å². The number of carbonyl (C=O) groups is 2. The van der Waals surface area contributed by atoms with Gasteiger partial charge in [0.15, 0.2) is 0 Å². The summed E-state index contributed by atoms with van der Waals surface area (Å²) in [7, 11) is 0. The Bertz CT molecular complexity index is 264. The molecule has 0 bridgehead atoms. The van der Waals surface area contributed by atoms with Gasteiger partial charge >= 0.3 is 11.9 Å². The van der Waals surface area contributed by atoms with E-state index in [4.69, 9.17) is 9.84 Å². The van der Waals surface area contributed by atoms with Gasteiger partial charge in [0.25, 0.3) is 0 Å². The summed E-state index contributed by atoms with van der Waals surface area (Å²) in [6.45, 7) is 4.13. The van der Waals surface area contributed by atoms with Crippen molar-refractivity contribution < 1.29 is 19.4 Å². The molecule has 92 valence electrons. The average molecular weight is 228 g/mol. The van der Waals surface area contributed by atoms with Gasteiger partial charge in [0.05, 0.1) is 12.0 Å².